The van der Waals surface area contributed by atoms with Crippen molar-refractivity contribution in [3.63, 3.8) is 0 Å². The van der Waals surface area contributed by atoms with Gasteiger partial charge < -0.3 is 14.6 Å². The number of aromatic nitrogens is 4. The van der Waals surface area contributed by atoms with Gasteiger partial charge in [-0.15, -0.1) is 0 Å². The van der Waals surface area contributed by atoms with E-state index in [-0.39, 0.29) is 24.6 Å². The minimum atomic E-state index is 0.0786. The molecule has 1 aliphatic rings. The molecule has 0 saturated carbocycles. The van der Waals surface area contributed by atoms with Gasteiger partial charge in [0.05, 0.1) is 29.5 Å². The number of rotatable bonds is 5. The predicted octanol–water partition coefficient (Wildman–Crippen LogP) is 4.42. The normalized spacial score (nSPS) is 17.8. The number of H-pyrrole nitrogens is 1. The third-order valence-electron chi connectivity index (χ3n) is 5.64. The summed E-state index contributed by atoms with van der Waals surface area (Å²) in [4.78, 5) is 12.1. The second-order valence-electron chi connectivity index (χ2n) is 8.45. The maximum absolute atomic E-state index is 9.95. The molecule has 1 unspecified atom stereocenters. The van der Waals surface area contributed by atoms with Gasteiger partial charge in [-0.25, -0.2) is 4.99 Å². The van der Waals surface area contributed by atoms with Gasteiger partial charge in [-0.2, -0.15) is 10.1 Å². The van der Waals surface area contributed by atoms with E-state index in [4.69, 9.17) is 9.98 Å². The quantitative estimate of drug-likeness (QED) is 0.575. The Morgan fingerprint density at radius 3 is 2.60 bits per heavy atom. The first-order valence-corrected chi connectivity index (χ1v) is 11.4. The van der Waals surface area contributed by atoms with Crippen molar-refractivity contribution in [3.05, 3.63) is 39.9 Å². The molecule has 0 bridgehead atoms. The largest absolute Gasteiger partial charge is 0.394 e. The molecule has 3 heterocycles. The third-order valence-corrected chi connectivity index (χ3v) is 6.17. The van der Waals surface area contributed by atoms with E-state index in [0.29, 0.717) is 5.49 Å². The first-order chi connectivity index (χ1) is 14.4. The number of aliphatic hydroxyl groups excluding tert-OH is 1. The monoisotopic (exact) mass is 472 g/mol. The molecule has 2 N–H and O–H groups in total. The fourth-order valence-corrected chi connectivity index (χ4v) is 4.41. The van der Waals surface area contributed by atoms with Crippen molar-refractivity contribution in [2.45, 2.75) is 58.5 Å². The summed E-state index contributed by atoms with van der Waals surface area (Å²) >= 11 is 3.48. The lowest BCUT2D eigenvalue weighted by molar-refractivity contribution is 0.265. The van der Waals surface area contributed by atoms with Crippen molar-refractivity contribution >= 4 is 38.6 Å². The van der Waals surface area contributed by atoms with Gasteiger partial charge in [-0.05, 0) is 56.9 Å². The summed E-state index contributed by atoms with van der Waals surface area (Å²) in [5.41, 5.74) is 4.33. The molecule has 1 saturated heterocycles. The van der Waals surface area contributed by atoms with Crippen molar-refractivity contribution in [2.24, 2.45) is 4.99 Å². The lowest BCUT2D eigenvalue weighted by atomic mass is 10.1. The summed E-state index contributed by atoms with van der Waals surface area (Å²) in [6.07, 6.45) is 2.01. The van der Waals surface area contributed by atoms with Gasteiger partial charge in [-0.3, -0.25) is 5.10 Å². The number of nitrogens with one attached hydrogen (secondary N) is 1. The Morgan fingerprint density at radius 1 is 1.23 bits per heavy atom. The predicted molar refractivity (Wildman–Crippen MR) is 123 cm³/mol. The van der Waals surface area contributed by atoms with Gasteiger partial charge in [0, 0.05) is 17.1 Å². The van der Waals surface area contributed by atoms with Crippen LogP contribution in [0, 0.1) is 0 Å². The van der Waals surface area contributed by atoms with E-state index < -0.39 is 0 Å². The zero-order valence-electron chi connectivity index (χ0n) is 17.9. The summed E-state index contributed by atoms with van der Waals surface area (Å²) < 4.78 is 3.26. The number of halogens is 1. The van der Waals surface area contributed by atoms with Crippen LogP contribution in [0.4, 0.5) is 11.6 Å². The molecule has 8 heteroatoms. The number of aliphatic hydroxyl groups is 1. The molecule has 3 aromatic rings. The summed E-state index contributed by atoms with van der Waals surface area (Å²) in [6, 6.07) is 8.13. The number of hydrogen-bond donors (Lipinski definition) is 2. The number of fused-ring (bicyclic) bond motifs is 1. The first-order valence-electron chi connectivity index (χ1n) is 10.6. The second-order valence-corrected chi connectivity index (χ2v) is 9.36. The molecule has 1 aromatic carbocycles. The van der Waals surface area contributed by atoms with E-state index in [9.17, 15) is 5.11 Å². The zero-order chi connectivity index (χ0) is 21.4. The Hall–Kier alpha value is -2.19. The van der Waals surface area contributed by atoms with Crippen molar-refractivity contribution in [1.82, 2.24) is 19.7 Å². The van der Waals surface area contributed by atoms with E-state index in [2.05, 4.69) is 63.3 Å². The number of anilines is 1. The van der Waals surface area contributed by atoms with Gasteiger partial charge in [-0.1, -0.05) is 29.8 Å². The molecule has 160 valence electrons. The smallest absolute Gasteiger partial charge is 0.208 e. The lowest BCUT2D eigenvalue weighted by Gasteiger charge is -2.29. The number of hydrogen-bond acceptors (Lipinski definition) is 5. The highest BCUT2D eigenvalue weighted by molar-refractivity contribution is 9.10. The van der Waals surface area contributed by atoms with E-state index in [1.807, 2.05) is 24.3 Å². The van der Waals surface area contributed by atoms with Crippen LogP contribution in [0.25, 0.3) is 11.0 Å². The van der Waals surface area contributed by atoms with Crippen LogP contribution < -0.4 is 10.4 Å². The molecule has 0 radical (unpaired) electrons. The molecular weight excluding hydrogens is 444 g/mol. The molecule has 7 nitrogen and oxygen atoms in total. The van der Waals surface area contributed by atoms with Crippen LogP contribution in [0.2, 0.25) is 0 Å². The number of nitrogens with zero attached hydrogens (tertiary/aromatic N) is 5. The Morgan fingerprint density at radius 2 is 1.97 bits per heavy atom. The summed E-state index contributed by atoms with van der Waals surface area (Å²) in [5.74, 6) is 1.14. The summed E-state index contributed by atoms with van der Waals surface area (Å²) in [5, 5.41) is 17.8. The topological polar surface area (TPSA) is 82.3 Å². The SMILES string of the molecule is CC(C)c1[nH]nc2c(=Nc3ccc(Br)cc3)nc(N3CCCC3CO)n(C(C)C)c12. The van der Waals surface area contributed by atoms with E-state index in [1.54, 1.807) is 0 Å². The molecular formula is C22H29BrN6O. The first kappa shape index (κ1) is 21.1. The molecule has 1 atom stereocenters. The zero-order valence-corrected chi connectivity index (χ0v) is 19.5. The lowest BCUT2D eigenvalue weighted by Crippen LogP contribution is -2.37. The second kappa shape index (κ2) is 8.51. The van der Waals surface area contributed by atoms with Crippen LogP contribution in [-0.4, -0.2) is 44.0 Å². The van der Waals surface area contributed by atoms with E-state index in [0.717, 1.165) is 52.2 Å². The molecule has 1 aliphatic heterocycles. The fraction of sp³-hybridized carbons (Fsp3) is 0.500. The van der Waals surface area contributed by atoms with Crippen LogP contribution >= 0.6 is 15.9 Å². The minimum absolute atomic E-state index is 0.0786. The Bertz CT molecular complexity index is 1100. The highest BCUT2D eigenvalue weighted by Crippen LogP contribution is 2.31. The molecule has 0 amide bonds. The van der Waals surface area contributed by atoms with Crippen LogP contribution in [0.15, 0.2) is 33.7 Å². The minimum Gasteiger partial charge on any atom is -0.394 e. The third kappa shape index (κ3) is 3.78. The van der Waals surface area contributed by atoms with Crippen molar-refractivity contribution in [3.8, 4) is 0 Å². The maximum atomic E-state index is 9.95. The highest BCUT2D eigenvalue weighted by atomic mass is 79.9. The average Bonchev–Trinajstić information content (AvgIpc) is 3.36. The average molecular weight is 473 g/mol. The molecule has 2 aromatic heterocycles. The van der Waals surface area contributed by atoms with Crippen molar-refractivity contribution in [2.75, 3.05) is 18.1 Å². The van der Waals surface area contributed by atoms with E-state index in [1.165, 1.54) is 0 Å². The highest BCUT2D eigenvalue weighted by Gasteiger charge is 2.30. The molecule has 4 rings (SSSR count). The molecule has 0 aliphatic carbocycles. The molecule has 30 heavy (non-hydrogen) atoms. The Balaban J connectivity index is 2.05. The van der Waals surface area contributed by atoms with Crippen LogP contribution in [0.1, 0.15) is 58.2 Å². The Kier molecular flexibility index (Phi) is 5.97. The van der Waals surface area contributed by atoms with Gasteiger partial charge in [0.15, 0.2) is 11.0 Å². The number of benzene rings is 1. The van der Waals surface area contributed by atoms with Crippen LogP contribution in [0.3, 0.4) is 0 Å². The van der Waals surface area contributed by atoms with Gasteiger partial charge >= 0.3 is 0 Å². The standard InChI is InChI=1S/C22H29BrN6O/c1-13(2)18-20-19(27-26-18)21(24-16-9-7-15(23)8-10-16)25-22(29(20)14(3)4)28-11-5-6-17(28)12-30/h7-10,13-14,17,30H,5-6,11-12H2,1-4H3,(H,26,27). The molecule has 1 fully saturated rings. The van der Waals surface area contributed by atoms with Crippen LogP contribution in [-0.2, 0) is 0 Å². The van der Waals surface area contributed by atoms with Gasteiger partial charge in [0.25, 0.3) is 0 Å². The number of aromatic amines is 1. The summed E-state index contributed by atoms with van der Waals surface area (Å²) in [7, 11) is 0. The molecule has 0 spiro atoms. The maximum Gasteiger partial charge on any atom is 0.208 e. The Labute approximate surface area is 185 Å². The van der Waals surface area contributed by atoms with Crippen molar-refractivity contribution in [1.29, 1.82) is 0 Å². The summed E-state index contributed by atoms with van der Waals surface area (Å²) in [6.45, 7) is 9.66. The van der Waals surface area contributed by atoms with E-state index >= 15 is 0 Å². The van der Waals surface area contributed by atoms with Crippen molar-refractivity contribution < 1.29 is 5.11 Å². The van der Waals surface area contributed by atoms with Crippen LogP contribution in [0.5, 0.6) is 0 Å². The fourth-order valence-electron chi connectivity index (χ4n) is 4.15. The van der Waals surface area contributed by atoms with Gasteiger partial charge in [0.2, 0.25) is 5.95 Å². The van der Waals surface area contributed by atoms with Gasteiger partial charge in [0.1, 0.15) is 0 Å².